The van der Waals surface area contributed by atoms with Crippen molar-refractivity contribution >= 4 is 23.7 Å². The van der Waals surface area contributed by atoms with Gasteiger partial charge in [0.1, 0.15) is 11.5 Å². The molecule has 0 aliphatic heterocycles. The number of carbonyl (C=O) groups excluding carboxylic acids is 1. The molecule has 0 N–H and O–H groups in total. The van der Waals surface area contributed by atoms with Crippen LogP contribution in [0.25, 0.3) is 6.08 Å². The van der Waals surface area contributed by atoms with Gasteiger partial charge in [0.05, 0.1) is 14.2 Å². The summed E-state index contributed by atoms with van der Waals surface area (Å²) in [6, 6.07) is 13.7. The molecule has 0 unspecified atom stereocenters. The van der Waals surface area contributed by atoms with Gasteiger partial charge in [-0.05, 0) is 42.2 Å². The molecule has 0 fully saturated rings. The van der Waals surface area contributed by atoms with Crippen LogP contribution in [0, 0.1) is 0 Å². The van der Waals surface area contributed by atoms with E-state index in [2.05, 4.69) is 12.1 Å². The minimum absolute atomic E-state index is 0.0631. The predicted molar refractivity (Wildman–Crippen MR) is 103 cm³/mol. The van der Waals surface area contributed by atoms with E-state index < -0.39 is 0 Å². The van der Waals surface area contributed by atoms with E-state index in [1.165, 1.54) is 4.90 Å². The molecule has 1 amide bonds. The van der Waals surface area contributed by atoms with E-state index in [0.29, 0.717) is 18.0 Å². The Kier molecular flexibility index (Phi) is 6.95. The van der Waals surface area contributed by atoms with E-state index in [4.69, 9.17) is 9.47 Å². The average molecular weight is 357 g/mol. The maximum atomic E-state index is 12.3. The third kappa shape index (κ3) is 5.29. The summed E-state index contributed by atoms with van der Waals surface area (Å²) in [6.45, 7) is 0.567. The molecule has 2 rings (SSSR count). The Morgan fingerprint density at radius 3 is 2.44 bits per heavy atom. The van der Waals surface area contributed by atoms with Crippen LogP contribution in [-0.2, 0) is 11.3 Å². The lowest BCUT2D eigenvalue weighted by Gasteiger charge is -2.15. The van der Waals surface area contributed by atoms with Crippen LogP contribution in [0.1, 0.15) is 11.1 Å². The Labute approximate surface area is 153 Å². The van der Waals surface area contributed by atoms with Gasteiger partial charge < -0.3 is 14.4 Å². The molecule has 5 heteroatoms. The third-order valence-electron chi connectivity index (χ3n) is 3.80. The molecule has 4 nitrogen and oxygen atoms in total. The highest BCUT2D eigenvalue weighted by molar-refractivity contribution is 7.98. The molecule has 0 bridgehead atoms. The molecule has 0 aliphatic carbocycles. The van der Waals surface area contributed by atoms with Crippen molar-refractivity contribution in [2.24, 2.45) is 0 Å². The fourth-order valence-corrected chi connectivity index (χ4v) is 2.74. The number of amides is 1. The van der Waals surface area contributed by atoms with Crippen LogP contribution in [0.5, 0.6) is 11.5 Å². The van der Waals surface area contributed by atoms with Gasteiger partial charge in [-0.1, -0.05) is 12.1 Å². The average Bonchev–Trinajstić information content (AvgIpc) is 2.66. The van der Waals surface area contributed by atoms with Gasteiger partial charge in [0, 0.05) is 36.2 Å². The molecule has 0 saturated carbocycles. The SMILES string of the molecule is COc1ccc(/C=C/C(=O)N(C)Cc2ccc(SC)cc2)c(OC)c1. The first-order valence-electron chi connectivity index (χ1n) is 7.85. The van der Waals surface area contributed by atoms with Gasteiger partial charge in [-0.3, -0.25) is 4.79 Å². The quantitative estimate of drug-likeness (QED) is 0.552. The zero-order valence-corrected chi connectivity index (χ0v) is 15.8. The first-order chi connectivity index (χ1) is 12.1. The molecular formula is C20H23NO3S. The first kappa shape index (κ1) is 18.9. The van der Waals surface area contributed by atoms with E-state index in [0.717, 1.165) is 11.1 Å². The Hall–Kier alpha value is -2.40. The number of hydrogen-bond donors (Lipinski definition) is 0. The van der Waals surface area contributed by atoms with Crippen LogP contribution >= 0.6 is 11.8 Å². The summed E-state index contributed by atoms with van der Waals surface area (Å²) >= 11 is 1.70. The van der Waals surface area contributed by atoms with Crippen LogP contribution in [0.15, 0.2) is 53.4 Å². The molecule has 25 heavy (non-hydrogen) atoms. The summed E-state index contributed by atoms with van der Waals surface area (Å²) in [7, 11) is 4.99. The molecule has 0 spiro atoms. The lowest BCUT2D eigenvalue weighted by molar-refractivity contribution is -0.125. The Morgan fingerprint density at radius 2 is 1.84 bits per heavy atom. The second kappa shape index (κ2) is 9.18. The normalized spacial score (nSPS) is 10.7. The molecular weight excluding hydrogens is 334 g/mol. The lowest BCUT2D eigenvalue weighted by atomic mass is 10.1. The Balaban J connectivity index is 2.03. The van der Waals surface area contributed by atoms with Gasteiger partial charge >= 0.3 is 0 Å². The van der Waals surface area contributed by atoms with E-state index in [1.807, 2.05) is 30.5 Å². The van der Waals surface area contributed by atoms with Gasteiger partial charge in [-0.25, -0.2) is 0 Å². The fraction of sp³-hybridized carbons (Fsp3) is 0.250. The van der Waals surface area contributed by atoms with Crippen LogP contribution in [0.2, 0.25) is 0 Å². The smallest absolute Gasteiger partial charge is 0.246 e. The molecule has 0 aliphatic rings. The van der Waals surface area contributed by atoms with Crippen molar-refractivity contribution in [1.82, 2.24) is 4.90 Å². The molecule has 0 aromatic heterocycles. The first-order valence-corrected chi connectivity index (χ1v) is 9.08. The molecule has 0 heterocycles. The van der Waals surface area contributed by atoms with E-state index in [-0.39, 0.29) is 5.91 Å². The highest BCUT2D eigenvalue weighted by Gasteiger charge is 2.07. The maximum absolute atomic E-state index is 12.3. The largest absolute Gasteiger partial charge is 0.497 e. The van der Waals surface area contributed by atoms with Crippen molar-refractivity contribution in [2.45, 2.75) is 11.4 Å². The zero-order chi connectivity index (χ0) is 18.2. The molecule has 2 aromatic carbocycles. The second-order valence-corrected chi connectivity index (χ2v) is 6.36. The monoisotopic (exact) mass is 357 g/mol. The standard InChI is InChI=1S/C20H23NO3S/c1-21(14-15-5-10-18(25-4)11-6-15)20(22)12-8-16-7-9-17(23-2)13-19(16)24-3/h5-13H,14H2,1-4H3/b12-8+. The minimum atomic E-state index is -0.0631. The molecule has 0 atom stereocenters. The number of ether oxygens (including phenoxy) is 2. The van der Waals surface area contributed by atoms with Crippen molar-refractivity contribution in [3.63, 3.8) is 0 Å². The number of rotatable bonds is 7. The number of likely N-dealkylation sites (N-methyl/N-ethyl adjacent to an activating group) is 1. The zero-order valence-electron chi connectivity index (χ0n) is 15.0. The Bertz CT molecular complexity index is 741. The highest BCUT2D eigenvalue weighted by Crippen LogP contribution is 2.25. The van der Waals surface area contributed by atoms with Crippen molar-refractivity contribution in [2.75, 3.05) is 27.5 Å². The fourth-order valence-electron chi connectivity index (χ4n) is 2.33. The number of methoxy groups -OCH3 is 2. The molecule has 0 saturated heterocycles. The highest BCUT2D eigenvalue weighted by atomic mass is 32.2. The van der Waals surface area contributed by atoms with Gasteiger partial charge in [0.2, 0.25) is 5.91 Å². The van der Waals surface area contributed by atoms with Gasteiger partial charge in [-0.2, -0.15) is 0 Å². The van der Waals surface area contributed by atoms with E-state index in [9.17, 15) is 4.79 Å². The lowest BCUT2D eigenvalue weighted by Crippen LogP contribution is -2.24. The number of hydrogen-bond acceptors (Lipinski definition) is 4. The van der Waals surface area contributed by atoms with Gasteiger partial charge in [0.25, 0.3) is 0 Å². The number of nitrogens with zero attached hydrogens (tertiary/aromatic N) is 1. The van der Waals surface area contributed by atoms with Gasteiger partial charge in [-0.15, -0.1) is 11.8 Å². The van der Waals surface area contributed by atoms with Crippen LogP contribution in [-0.4, -0.2) is 38.3 Å². The summed E-state index contributed by atoms with van der Waals surface area (Å²) in [4.78, 5) is 15.2. The predicted octanol–water partition coefficient (Wildman–Crippen LogP) is 4.10. The summed E-state index contributed by atoms with van der Waals surface area (Å²) in [5.74, 6) is 1.32. The van der Waals surface area contributed by atoms with Crippen LogP contribution in [0.3, 0.4) is 0 Å². The summed E-state index contributed by atoms with van der Waals surface area (Å²) in [5, 5.41) is 0. The topological polar surface area (TPSA) is 38.8 Å². The molecule has 2 aromatic rings. The number of carbonyl (C=O) groups is 1. The summed E-state index contributed by atoms with van der Waals surface area (Å²) in [5.41, 5.74) is 1.93. The van der Waals surface area contributed by atoms with Crippen molar-refractivity contribution in [3.05, 3.63) is 59.7 Å². The summed E-state index contributed by atoms with van der Waals surface area (Å²) < 4.78 is 10.5. The molecule has 132 valence electrons. The second-order valence-electron chi connectivity index (χ2n) is 5.48. The van der Waals surface area contributed by atoms with E-state index >= 15 is 0 Å². The van der Waals surface area contributed by atoms with Crippen molar-refractivity contribution in [3.8, 4) is 11.5 Å². The van der Waals surface area contributed by atoms with E-state index in [1.54, 1.807) is 56.1 Å². The Morgan fingerprint density at radius 1 is 1.12 bits per heavy atom. The van der Waals surface area contributed by atoms with Crippen molar-refractivity contribution in [1.29, 1.82) is 0 Å². The number of benzene rings is 2. The van der Waals surface area contributed by atoms with Crippen LogP contribution < -0.4 is 9.47 Å². The third-order valence-corrected chi connectivity index (χ3v) is 4.54. The summed E-state index contributed by atoms with van der Waals surface area (Å²) in [6.07, 6.45) is 5.36. The van der Waals surface area contributed by atoms with Crippen molar-refractivity contribution < 1.29 is 14.3 Å². The molecule has 0 radical (unpaired) electrons. The maximum Gasteiger partial charge on any atom is 0.246 e. The van der Waals surface area contributed by atoms with Crippen LogP contribution in [0.4, 0.5) is 0 Å². The van der Waals surface area contributed by atoms with Gasteiger partial charge in [0.15, 0.2) is 0 Å². The minimum Gasteiger partial charge on any atom is -0.497 e. The number of thioether (sulfide) groups is 1.